The van der Waals surface area contributed by atoms with Crippen molar-refractivity contribution in [3.05, 3.63) is 72.1 Å². The maximum absolute atomic E-state index is 13.5. The van der Waals surface area contributed by atoms with Crippen LogP contribution in [0.1, 0.15) is 30.4 Å². The highest BCUT2D eigenvalue weighted by molar-refractivity contribution is 5.96. The van der Waals surface area contributed by atoms with E-state index in [1.165, 1.54) is 0 Å². The minimum atomic E-state index is -1.79. The number of aromatic amines is 2. The zero-order chi connectivity index (χ0) is 33.4. The number of aromatic nitrogens is 2. The molecule has 46 heavy (non-hydrogen) atoms. The number of para-hydroxylation sites is 2. The summed E-state index contributed by atoms with van der Waals surface area (Å²) in [6, 6.07) is 8.74. The van der Waals surface area contributed by atoms with E-state index in [4.69, 9.17) is 10.8 Å². The van der Waals surface area contributed by atoms with Crippen molar-refractivity contribution in [2.45, 2.75) is 56.3 Å². The van der Waals surface area contributed by atoms with Gasteiger partial charge in [-0.15, -0.1) is 0 Å². The maximum Gasteiger partial charge on any atom is 0.326 e. The van der Waals surface area contributed by atoms with E-state index in [1.54, 1.807) is 36.7 Å². The van der Waals surface area contributed by atoms with E-state index >= 15 is 0 Å². The van der Waals surface area contributed by atoms with Crippen molar-refractivity contribution < 1.29 is 44.1 Å². The lowest BCUT2D eigenvalue weighted by atomic mass is 10.0. The van der Waals surface area contributed by atoms with E-state index in [-0.39, 0.29) is 19.3 Å². The first kappa shape index (κ1) is 33.2. The maximum atomic E-state index is 13.5. The summed E-state index contributed by atoms with van der Waals surface area (Å²) in [5.41, 5.74) is 9.08. The Kier molecular flexibility index (Phi) is 10.7. The van der Waals surface area contributed by atoms with Gasteiger partial charge in [-0.3, -0.25) is 24.0 Å². The molecule has 0 fully saturated rings. The second-order valence-electron chi connectivity index (χ2n) is 10.8. The number of carboxylic acids is 3. The average molecular weight is 635 g/mol. The minimum absolute atomic E-state index is 0.106. The fourth-order valence-electron chi connectivity index (χ4n) is 5.09. The molecule has 2 aromatic heterocycles. The lowest BCUT2D eigenvalue weighted by Gasteiger charge is -2.25. The van der Waals surface area contributed by atoms with Crippen molar-refractivity contribution in [1.29, 1.82) is 0 Å². The largest absolute Gasteiger partial charge is 0.481 e. The highest BCUT2D eigenvalue weighted by Crippen LogP contribution is 2.20. The molecule has 0 saturated heterocycles. The van der Waals surface area contributed by atoms with Gasteiger partial charge in [-0.1, -0.05) is 36.4 Å². The monoisotopic (exact) mass is 634 g/mol. The molecule has 0 bridgehead atoms. The van der Waals surface area contributed by atoms with Gasteiger partial charge < -0.3 is 47.0 Å². The molecule has 4 unspecified atom stereocenters. The number of amides is 3. The fraction of sp³-hybridized carbons (Fsp3) is 0.290. The van der Waals surface area contributed by atoms with Gasteiger partial charge in [0.1, 0.15) is 18.1 Å². The summed E-state index contributed by atoms with van der Waals surface area (Å²) in [4.78, 5) is 80.4. The molecule has 0 spiro atoms. The highest BCUT2D eigenvalue weighted by Gasteiger charge is 2.32. The third kappa shape index (κ3) is 8.47. The van der Waals surface area contributed by atoms with E-state index in [9.17, 15) is 39.0 Å². The summed E-state index contributed by atoms with van der Waals surface area (Å²) in [6.07, 6.45) is 1.52. The summed E-state index contributed by atoms with van der Waals surface area (Å²) >= 11 is 0. The number of hydrogen-bond donors (Lipinski definition) is 9. The highest BCUT2D eigenvalue weighted by atomic mass is 16.4. The standard InChI is InChI=1S/C31H34N6O9/c32-20(11-16-14-33-21-7-3-1-5-18(16)21)28(42)35-23(9-10-26(38)39)29(43)36-24(30(44)37-25(31(45)46)13-27(40)41)12-17-15-34-22-8-4-2-6-19(17)22/h1-8,14-15,20,23-25,33-34H,9-13,32H2,(H,35,42)(H,36,43)(H,37,44)(H,38,39)(H,40,41)(H,45,46). The minimum Gasteiger partial charge on any atom is -0.481 e. The Bertz CT molecular complexity index is 1760. The lowest BCUT2D eigenvalue weighted by molar-refractivity contribution is -0.147. The molecule has 3 amide bonds. The van der Waals surface area contributed by atoms with Crippen molar-refractivity contribution in [3.63, 3.8) is 0 Å². The number of fused-ring (bicyclic) bond motifs is 2. The molecule has 15 nitrogen and oxygen atoms in total. The Balaban J connectivity index is 1.54. The van der Waals surface area contributed by atoms with Crippen LogP contribution >= 0.6 is 0 Å². The van der Waals surface area contributed by atoms with Crippen LogP contribution in [0.2, 0.25) is 0 Å². The third-order valence-corrected chi connectivity index (χ3v) is 7.46. The van der Waals surface area contributed by atoms with Crippen LogP contribution in [-0.4, -0.2) is 85.1 Å². The van der Waals surface area contributed by atoms with Crippen molar-refractivity contribution in [2.75, 3.05) is 0 Å². The predicted molar refractivity (Wildman–Crippen MR) is 165 cm³/mol. The van der Waals surface area contributed by atoms with Gasteiger partial charge in [0.2, 0.25) is 17.7 Å². The molecule has 0 saturated carbocycles. The average Bonchev–Trinajstić information content (AvgIpc) is 3.62. The third-order valence-electron chi connectivity index (χ3n) is 7.46. The van der Waals surface area contributed by atoms with Crippen LogP contribution in [0.4, 0.5) is 0 Å². The topological polar surface area (TPSA) is 257 Å². The van der Waals surface area contributed by atoms with Gasteiger partial charge in [0.15, 0.2) is 0 Å². The van der Waals surface area contributed by atoms with Crippen molar-refractivity contribution in [1.82, 2.24) is 25.9 Å². The molecule has 2 aromatic carbocycles. The van der Waals surface area contributed by atoms with Crippen LogP contribution in [0.25, 0.3) is 21.8 Å². The Morgan fingerprint density at radius 3 is 1.70 bits per heavy atom. The van der Waals surface area contributed by atoms with Crippen molar-refractivity contribution >= 4 is 57.4 Å². The SMILES string of the molecule is NC(Cc1c[nH]c2ccccc12)C(=O)NC(CCC(=O)O)C(=O)NC(Cc1c[nH]c2ccccc12)C(=O)NC(CC(=O)O)C(=O)O. The molecule has 0 aliphatic carbocycles. The molecule has 242 valence electrons. The smallest absolute Gasteiger partial charge is 0.326 e. The van der Waals surface area contributed by atoms with E-state index in [2.05, 4.69) is 25.9 Å². The van der Waals surface area contributed by atoms with E-state index in [0.29, 0.717) is 10.9 Å². The normalized spacial score (nSPS) is 13.8. The van der Waals surface area contributed by atoms with Gasteiger partial charge in [0.05, 0.1) is 12.5 Å². The fourth-order valence-corrected chi connectivity index (χ4v) is 5.09. The first-order chi connectivity index (χ1) is 21.9. The van der Waals surface area contributed by atoms with E-state index < -0.39 is 72.6 Å². The van der Waals surface area contributed by atoms with Gasteiger partial charge in [-0.05, 0) is 36.1 Å². The molecule has 4 aromatic rings. The molecular formula is C31H34N6O9. The summed E-state index contributed by atoms with van der Waals surface area (Å²) in [5.74, 6) is -6.94. The van der Waals surface area contributed by atoms with Gasteiger partial charge in [-0.25, -0.2) is 4.79 Å². The molecule has 2 heterocycles. The van der Waals surface area contributed by atoms with Gasteiger partial charge in [0, 0.05) is 47.0 Å². The van der Waals surface area contributed by atoms with Crippen LogP contribution in [0.5, 0.6) is 0 Å². The first-order valence-corrected chi connectivity index (χ1v) is 14.4. The first-order valence-electron chi connectivity index (χ1n) is 14.4. The molecule has 0 aliphatic heterocycles. The van der Waals surface area contributed by atoms with Crippen molar-refractivity contribution in [2.24, 2.45) is 5.73 Å². The Labute approximate surface area is 261 Å². The van der Waals surface area contributed by atoms with Crippen LogP contribution < -0.4 is 21.7 Å². The predicted octanol–water partition coefficient (Wildman–Crippen LogP) is 0.640. The van der Waals surface area contributed by atoms with Crippen LogP contribution in [0.3, 0.4) is 0 Å². The molecular weight excluding hydrogens is 600 g/mol. The molecule has 0 radical (unpaired) electrons. The van der Waals surface area contributed by atoms with Crippen molar-refractivity contribution in [3.8, 4) is 0 Å². The van der Waals surface area contributed by atoms with E-state index in [0.717, 1.165) is 22.0 Å². The number of nitrogens with one attached hydrogen (secondary N) is 5. The van der Waals surface area contributed by atoms with Crippen LogP contribution in [-0.2, 0) is 41.6 Å². The molecule has 0 aliphatic rings. The Morgan fingerprint density at radius 2 is 1.15 bits per heavy atom. The number of benzene rings is 2. The Hall–Kier alpha value is -5.70. The number of H-pyrrole nitrogens is 2. The summed E-state index contributed by atoms with van der Waals surface area (Å²) in [5, 5.41) is 36.6. The summed E-state index contributed by atoms with van der Waals surface area (Å²) in [7, 11) is 0. The number of carbonyl (C=O) groups excluding carboxylic acids is 3. The van der Waals surface area contributed by atoms with Gasteiger partial charge in [-0.2, -0.15) is 0 Å². The molecule has 4 rings (SSSR count). The number of carbonyl (C=O) groups is 6. The molecule has 4 atom stereocenters. The summed E-state index contributed by atoms with van der Waals surface area (Å²) in [6.45, 7) is 0. The number of carboxylic acid groups (broad SMARTS) is 3. The number of aliphatic carboxylic acids is 3. The van der Waals surface area contributed by atoms with Gasteiger partial charge >= 0.3 is 17.9 Å². The quantitative estimate of drug-likeness (QED) is 0.0831. The Morgan fingerprint density at radius 1 is 0.652 bits per heavy atom. The zero-order valence-corrected chi connectivity index (χ0v) is 24.5. The second-order valence-corrected chi connectivity index (χ2v) is 10.8. The zero-order valence-electron chi connectivity index (χ0n) is 24.5. The summed E-state index contributed by atoms with van der Waals surface area (Å²) < 4.78 is 0. The lowest BCUT2D eigenvalue weighted by Crippen LogP contribution is -2.58. The van der Waals surface area contributed by atoms with Gasteiger partial charge in [0.25, 0.3) is 0 Å². The van der Waals surface area contributed by atoms with Crippen LogP contribution in [0, 0.1) is 0 Å². The number of nitrogens with two attached hydrogens (primary N) is 1. The van der Waals surface area contributed by atoms with E-state index in [1.807, 2.05) is 24.3 Å². The molecule has 10 N–H and O–H groups in total. The number of hydrogen-bond acceptors (Lipinski definition) is 7. The van der Waals surface area contributed by atoms with Crippen LogP contribution in [0.15, 0.2) is 60.9 Å². The molecule has 15 heteroatoms. The number of rotatable bonds is 16. The second kappa shape index (κ2) is 14.9.